The molecule has 0 aromatic carbocycles. The molecule has 18 heavy (non-hydrogen) atoms. The predicted molar refractivity (Wildman–Crippen MR) is 69.6 cm³/mol. The molecule has 0 radical (unpaired) electrons. The molecule has 0 spiro atoms. The summed E-state index contributed by atoms with van der Waals surface area (Å²) in [4.78, 5) is 14.3. The van der Waals surface area contributed by atoms with Crippen molar-refractivity contribution in [2.45, 2.75) is 38.8 Å². The average molecular weight is 250 g/mol. The number of nitrogens with two attached hydrogens (primary N) is 1. The van der Waals surface area contributed by atoms with Gasteiger partial charge in [-0.05, 0) is 26.2 Å². The van der Waals surface area contributed by atoms with Crippen LogP contribution in [0.2, 0.25) is 0 Å². The largest absolute Gasteiger partial charge is 0.338 e. The van der Waals surface area contributed by atoms with E-state index in [0.29, 0.717) is 6.54 Å². The lowest BCUT2D eigenvalue weighted by molar-refractivity contribution is -0.135. The lowest BCUT2D eigenvalue weighted by Crippen LogP contribution is -2.35. The summed E-state index contributed by atoms with van der Waals surface area (Å²) in [5, 5.41) is 4.13. The van der Waals surface area contributed by atoms with Gasteiger partial charge in [-0.3, -0.25) is 9.48 Å². The molecule has 1 heterocycles. The monoisotopic (exact) mass is 250 g/mol. The first kappa shape index (κ1) is 13.1. The van der Waals surface area contributed by atoms with Crippen LogP contribution in [0.1, 0.15) is 31.7 Å². The molecule has 2 atom stereocenters. The maximum atomic E-state index is 12.4. The van der Waals surface area contributed by atoms with Gasteiger partial charge < -0.3 is 10.6 Å². The standard InChI is InChI=1S/C13H22N4O/c1-3-17(9-10-7-15-16(2)8-10)13(18)11-4-5-12(14)6-11/h7-8,11-12H,3-6,9,14H2,1-2H3. The maximum Gasteiger partial charge on any atom is 0.226 e. The Hall–Kier alpha value is -1.36. The zero-order valence-electron chi connectivity index (χ0n) is 11.2. The van der Waals surface area contributed by atoms with Gasteiger partial charge in [0.15, 0.2) is 0 Å². The SMILES string of the molecule is CCN(Cc1cnn(C)c1)C(=O)C1CCC(N)C1. The van der Waals surface area contributed by atoms with Gasteiger partial charge >= 0.3 is 0 Å². The van der Waals surface area contributed by atoms with Crippen molar-refractivity contribution >= 4 is 5.91 Å². The first-order chi connectivity index (χ1) is 8.60. The number of aryl methyl sites for hydroxylation is 1. The number of carbonyl (C=O) groups is 1. The normalized spacial score (nSPS) is 23.3. The summed E-state index contributed by atoms with van der Waals surface area (Å²) in [7, 11) is 1.89. The van der Waals surface area contributed by atoms with Gasteiger partial charge in [-0.15, -0.1) is 0 Å². The molecule has 0 saturated heterocycles. The molecule has 0 bridgehead atoms. The number of amides is 1. The summed E-state index contributed by atoms with van der Waals surface area (Å²) < 4.78 is 1.76. The van der Waals surface area contributed by atoms with Crippen LogP contribution in [0.3, 0.4) is 0 Å². The molecule has 0 aliphatic heterocycles. The second-order valence-electron chi connectivity index (χ2n) is 5.14. The van der Waals surface area contributed by atoms with Crippen molar-refractivity contribution in [3.05, 3.63) is 18.0 Å². The molecular weight excluding hydrogens is 228 g/mol. The second kappa shape index (κ2) is 5.52. The van der Waals surface area contributed by atoms with Crippen LogP contribution in [-0.2, 0) is 18.4 Å². The minimum atomic E-state index is 0.122. The lowest BCUT2D eigenvalue weighted by Gasteiger charge is -2.23. The Balaban J connectivity index is 1.97. The molecule has 1 aliphatic rings. The van der Waals surface area contributed by atoms with Gasteiger partial charge in [-0.2, -0.15) is 5.10 Å². The van der Waals surface area contributed by atoms with Crippen LogP contribution in [-0.4, -0.2) is 33.2 Å². The number of hydrogen-bond acceptors (Lipinski definition) is 3. The van der Waals surface area contributed by atoms with Gasteiger partial charge in [0.1, 0.15) is 0 Å². The van der Waals surface area contributed by atoms with Crippen LogP contribution >= 0.6 is 0 Å². The Morgan fingerprint density at radius 3 is 2.89 bits per heavy atom. The molecule has 1 aliphatic carbocycles. The van der Waals surface area contributed by atoms with Crippen molar-refractivity contribution in [2.24, 2.45) is 18.7 Å². The summed E-state index contributed by atoms with van der Waals surface area (Å²) in [6.45, 7) is 3.40. The van der Waals surface area contributed by atoms with Crippen LogP contribution in [0.5, 0.6) is 0 Å². The fourth-order valence-corrected chi connectivity index (χ4v) is 2.62. The van der Waals surface area contributed by atoms with E-state index in [4.69, 9.17) is 5.73 Å². The molecule has 1 amide bonds. The molecular formula is C13H22N4O. The molecule has 5 heteroatoms. The number of nitrogens with zero attached hydrogens (tertiary/aromatic N) is 3. The second-order valence-corrected chi connectivity index (χ2v) is 5.14. The summed E-state index contributed by atoms with van der Waals surface area (Å²) in [5.74, 6) is 0.367. The summed E-state index contributed by atoms with van der Waals surface area (Å²) >= 11 is 0. The zero-order valence-corrected chi connectivity index (χ0v) is 11.2. The van der Waals surface area contributed by atoms with Gasteiger partial charge in [0.25, 0.3) is 0 Å². The fourth-order valence-electron chi connectivity index (χ4n) is 2.62. The summed E-state index contributed by atoms with van der Waals surface area (Å²) in [6, 6.07) is 0.205. The Kier molecular flexibility index (Phi) is 4.01. The predicted octanol–water partition coefficient (Wildman–Crippen LogP) is 0.896. The zero-order chi connectivity index (χ0) is 13.1. The summed E-state index contributed by atoms with van der Waals surface area (Å²) in [6.07, 6.45) is 6.51. The van der Waals surface area contributed by atoms with Crippen LogP contribution in [0.25, 0.3) is 0 Å². The molecule has 2 N–H and O–H groups in total. The fraction of sp³-hybridized carbons (Fsp3) is 0.692. The highest BCUT2D eigenvalue weighted by molar-refractivity contribution is 5.79. The first-order valence-electron chi connectivity index (χ1n) is 6.62. The van der Waals surface area contributed by atoms with Crippen LogP contribution in [0.15, 0.2) is 12.4 Å². The van der Waals surface area contributed by atoms with Crippen LogP contribution < -0.4 is 5.73 Å². The Labute approximate surface area is 108 Å². The number of rotatable bonds is 4. The molecule has 2 rings (SSSR count). The minimum Gasteiger partial charge on any atom is -0.338 e. The molecule has 5 nitrogen and oxygen atoms in total. The van der Waals surface area contributed by atoms with Gasteiger partial charge in [-0.25, -0.2) is 0 Å². The third-order valence-corrected chi connectivity index (χ3v) is 3.65. The van der Waals surface area contributed by atoms with Gasteiger partial charge in [-0.1, -0.05) is 0 Å². The van der Waals surface area contributed by atoms with Crippen molar-refractivity contribution in [2.75, 3.05) is 6.54 Å². The lowest BCUT2D eigenvalue weighted by atomic mass is 10.1. The first-order valence-corrected chi connectivity index (χ1v) is 6.62. The maximum absolute atomic E-state index is 12.4. The van der Waals surface area contributed by atoms with Crippen molar-refractivity contribution in [3.8, 4) is 0 Å². The topological polar surface area (TPSA) is 64.2 Å². The molecule has 100 valence electrons. The molecule has 1 fully saturated rings. The van der Waals surface area contributed by atoms with Gasteiger partial charge in [0.05, 0.1) is 6.20 Å². The summed E-state index contributed by atoms with van der Waals surface area (Å²) in [5.41, 5.74) is 6.96. The highest BCUT2D eigenvalue weighted by Crippen LogP contribution is 2.26. The van der Waals surface area contributed by atoms with E-state index in [1.54, 1.807) is 4.68 Å². The molecule has 1 saturated carbocycles. The highest BCUT2D eigenvalue weighted by atomic mass is 16.2. The Morgan fingerprint density at radius 2 is 2.39 bits per heavy atom. The van der Waals surface area contributed by atoms with Crippen LogP contribution in [0.4, 0.5) is 0 Å². The van der Waals surface area contributed by atoms with E-state index in [2.05, 4.69) is 5.10 Å². The van der Waals surface area contributed by atoms with E-state index in [1.165, 1.54) is 0 Å². The van der Waals surface area contributed by atoms with Crippen molar-refractivity contribution in [1.82, 2.24) is 14.7 Å². The average Bonchev–Trinajstić information content (AvgIpc) is 2.94. The van der Waals surface area contributed by atoms with E-state index >= 15 is 0 Å². The van der Waals surface area contributed by atoms with Crippen molar-refractivity contribution in [3.63, 3.8) is 0 Å². The number of aromatic nitrogens is 2. The number of hydrogen-bond donors (Lipinski definition) is 1. The van der Waals surface area contributed by atoms with Crippen molar-refractivity contribution < 1.29 is 4.79 Å². The third-order valence-electron chi connectivity index (χ3n) is 3.65. The number of carbonyl (C=O) groups excluding carboxylic acids is 1. The Bertz CT molecular complexity index is 415. The van der Waals surface area contributed by atoms with Crippen molar-refractivity contribution in [1.29, 1.82) is 0 Å². The molecule has 1 aromatic heterocycles. The van der Waals surface area contributed by atoms with E-state index in [-0.39, 0.29) is 17.9 Å². The quantitative estimate of drug-likeness (QED) is 0.863. The Morgan fingerprint density at radius 1 is 1.61 bits per heavy atom. The molecule has 2 unspecified atom stereocenters. The van der Waals surface area contributed by atoms with Gasteiger partial charge in [0.2, 0.25) is 5.91 Å². The van der Waals surface area contributed by atoms with E-state index in [9.17, 15) is 4.79 Å². The third kappa shape index (κ3) is 2.90. The molecule has 1 aromatic rings. The van der Waals surface area contributed by atoms with E-state index in [1.807, 2.05) is 31.3 Å². The van der Waals surface area contributed by atoms with Gasteiger partial charge in [0, 0.05) is 43.9 Å². The highest BCUT2D eigenvalue weighted by Gasteiger charge is 2.30. The van der Waals surface area contributed by atoms with E-state index in [0.717, 1.165) is 31.4 Å². The van der Waals surface area contributed by atoms with E-state index < -0.39 is 0 Å². The minimum absolute atomic E-state index is 0.122. The smallest absolute Gasteiger partial charge is 0.226 e. The van der Waals surface area contributed by atoms with Crippen LogP contribution in [0, 0.1) is 5.92 Å².